The number of aryl methyl sites for hydroxylation is 6. The van der Waals surface area contributed by atoms with E-state index >= 15 is 0 Å². The Morgan fingerprint density at radius 1 is 0.697 bits per heavy atom. The molecular weight excluding hydrogens is 400 g/mol. The summed E-state index contributed by atoms with van der Waals surface area (Å²) in [7, 11) is 0. The molecule has 1 aliphatic heterocycles. The molecule has 4 aromatic carbocycles. The van der Waals surface area contributed by atoms with Gasteiger partial charge in [0.2, 0.25) is 6.34 Å². The molecular formula is C31H30N2. The summed E-state index contributed by atoms with van der Waals surface area (Å²) in [6, 6.07) is 23.2. The largest absolute Gasteiger partial charge is 0.326 e. The lowest BCUT2D eigenvalue weighted by molar-refractivity contribution is -0.480. The highest BCUT2D eigenvalue weighted by Gasteiger charge is 2.48. The van der Waals surface area contributed by atoms with Gasteiger partial charge in [-0.1, -0.05) is 94.0 Å². The van der Waals surface area contributed by atoms with Gasteiger partial charge in [0, 0.05) is 22.5 Å². The van der Waals surface area contributed by atoms with Gasteiger partial charge in [-0.3, -0.25) is 0 Å². The van der Waals surface area contributed by atoms with E-state index in [-0.39, 0.29) is 12.1 Å². The van der Waals surface area contributed by atoms with E-state index in [1.165, 1.54) is 66.7 Å². The third-order valence-electron chi connectivity index (χ3n) is 7.43. The molecule has 2 aliphatic rings. The van der Waals surface area contributed by atoms with Crippen LogP contribution in [-0.2, 0) is 0 Å². The first-order valence-corrected chi connectivity index (χ1v) is 11.9. The Balaban J connectivity index is 1.67. The summed E-state index contributed by atoms with van der Waals surface area (Å²) in [4.78, 5) is 2.43. The molecule has 0 amide bonds. The molecule has 1 aliphatic carbocycles. The van der Waals surface area contributed by atoms with Crippen molar-refractivity contribution in [3.63, 3.8) is 0 Å². The number of nitrogens with zero attached hydrogens (tertiary/aromatic N) is 2. The molecule has 0 fully saturated rings. The molecule has 2 atom stereocenters. The van der Waals surface area contributed by atoms with Crippen LogP contribution in [0.1, 0.15) is 56.6 Å². The van der Waals surface area contributed by atoms with Crippen molar-refractivity contribution < 1.29 is 4.58 Å². The summed E-state index contributed by atoms with van der Waals surface area (Å²) < 4.78 is 2.43. The first-order valence-electron chi connectivity index (χ1n) is 11.9. The first-order chi connectivity index (χ1) is 15.8. The fourth-order valence-electron chi connectivity index (χ4n) is 6.52. The van der Waals surface area contributed by atoms with Crippen LogP contribution in [0, 0.1) is 41.5 Å². The second-order valence-electron chi connectivity index (χ2n) is 10.0. The Bertz CT molecular complexity index is 1440. The molecule has 6 rings (SSSR count). The monoisotopic (exact) mass is 430 g/mol. The Labute approximate surface area is 196 Å². The van der Waals surface area contributed by atoms with Crippen molar-refractivity contribution in [3.05, 3.63) is 105 Å². The van der Waals surface area contributed by atoms with Crippen LogP contribution in [0.5, 0.6) is 0 Å². The Hall–Kier alpha value is -3.39. The quantitative estimate of drug-likeness (QED) is 0.235. The molecule has 2 heteroatoms. The van der Waals surface area contributed by atoms with E-state index in [9.17, 15) is 0 Å². The third-order valence-corrected chi connectivity index (χ3v) is 7.43. The molecule has 1 heterocycles. The van der Waals surface area contributed by atoms with Crippen LogP contribution in [0.15, 0.2) is 60.7 Å². The highest BCUT2D eigenvalue weighted by Crippen LogP contribution is 2.54. The smallest absolute Gasteiger partial charge is 0.207 e. The van der Waals surface area contributed by atoms with Gasteiger partial charge in [0.1, 0.15) is 12.1 Å². The van der Waals surface area contributed by atoms with Crippen LogP contribution in [0.4, 0.5) is 11.4 Å². The van der Waals surface area contributed by atoms with Gasteiger partial charge in [-0.05, 0) is 52.3 Å². The van der Waals surface area contributed by atoms with Crippen molar-refractivity contribution in [2.75, 3.05) is 4.90 Å². The zero-order chi connectivity index (χ0) is 23.0. The third kappa shape index (κ3) is 2.83. The van der Waals surface area contributed by atoms with E-state index in [4.69, 9.17) is 0 Å². The summed E-state index contributed by atoms with van der Waals surface area (Å²) in [6.45, 7) is 13.3. The number of hydrogen-bond acceptors (Lipinski definition) is 1. The maximum Gasteiger partial charge on any atom is 0.207 e. The maximum absolute atomic E-state index is 3.88. The fourth-order valence-corrected chi connectivity index (χ4v) is 6.52. The van der Waals surface area contributed by atoms with Crippen molar-refractivity contribution in [1.29, 1.82) is 0 Å². The van der Waals surface area contributed by atoms with E-state index in [2.05, 4.69) is 118 Å². The summed E-state index contributed by atoms with van der Waals surface area (Å²) >= 11 is 0. The minimum atomic E-state index is 0.200. The van der Waals surface area contributed by atoms with E-state index < -0.39 is 0 Å². The average Bonchev–Trinajstić information content (AvgIpc) is 3.26. The molecule has 164 valence electrons. The van der Waals surface area contributed by atoms with Gasteiger partial charge in [0.05, 0.1) is 0 Å². The Morgan fingerprint density at radius 2 is 1.24 bits per heavy atom. The molecule has 2 nitrogen and oxygen atoms in total. The number of fused-ring (bicyclic) bond motifs is 3. The molecule has 0 saturated carbocycles. The molecule has 0 aromatic heterocycles. The molecule has 0 bridgehead atoms. The average molecular weight is 431 g/mol. The minimum Gasteiger partial charge on any atom is -0.326 e. The van der Waals surface area contributed by atoms with Crippen LogP contribution >= 0.6 is 0 Å². The van der Waals surface area contributed by atoms with Gasteiger partial charge in [-0.2, -0.15) is 0 Å². The Morgan fingerprint density at radius 3 is 1.85 bits per heavy atom. The molecule has 0 saturated heterocycles. The zero-order valence-corrected chi connectivity index (χ0v) is 20.3. The maximum atomic E-state index is 3.88. The predicted molar refractivity (Wildman–Crippen MR) is 138 cm³/mol. The van der Waals surface area contributed by atoms with Gasteiger partial charge in [0.15, 0.2) is 0 Å². The van der Waals surface area contributed by atoms with Crippen LogP contribution in [0.3, 0.4) is 0 Å². The van der Waals surface area contributed by atoms with E-state index in [0.29, 0.717) is 0 Å². The van der Waals surface area contributed by atoms with Crippen molar-refractivity contribution in [3.8, 4) is 0 Å². The second-order valence-corrected chi connectivity index (χ2v) is 10.0. The topological polar surface area (TPSA) is 6.25 Å². The lowest BCUT2D eigenvalue weighted by Gasteiger charge is -2.27. The normalized spacial score (nSPS) is 18.7. The summed E-state index contributed by atoms with van der Waals surface area (Å²) in [5.74, 6) is 0. The molecule has 33 heavy (non-hydrogen) atoms. The minimum absolute atomic E-state index is 0.200. The van der Waals surface area contributed by atoms with Crippen LogP contribution in [-0.4, -0.2) is 10.9 Å². The van der Waals surface area contributed by atoms with Gasteiger partial charge >= 0.3 is 0 Å². The molecule has 0 radical (unpaired) electrons. The highest BCUT2D eigenvalue weighted by atomic mass is 15.3. The summed E-state index contributed by atoms with van der Waals surface area (Å²) in [5.41, 5.74) is 13.2. The number of anilines is 1. The Kier molecular flexibility index (Phi) is 4.32. The van der Waals surface area contributed by atoms with E-state index in [0.717, 1.165) is 0 Å². The van der Waals surface area contributed by atoms with Crippen LogP contribution in [0.2, 0.25) is 0 Å². The summed E-state index contributed by atoms with van der Waals surface area (Å²) in [5, 5.41) is 2.74. The van der Waals surface area contributed by atoms with Crippen LogP contribution < -0.4 is 4.90 Å². The standard InChI is InChI=1S/C31H30N2/c1-18-13-20(3)28(21(4)14-18)32-17-33(29-22(5)15-19(2)16-23(29)6)31-26-12-8-10-24-9-7-11-25(27(24)26)30(31)32/h7-16,30-31H,1-6H3/t30-,31+. The number of rotatable bonds is 2. The number of hydrogen-bond donors (Lipinski definition) is 0. The van der Waals surface area contributed by atoms with E-state index in [1.807, 2.05) is 0 Å². The van der Waals surface area contributed by atoms with Crippen LogP contribution in [0.25, 0.3) is 10.8 Å². The van der Waals surface area contributed by atoms with Gasteiger partial charge in [-0.15, -0.1) is 0 Å². The van der Waals surface area contributed by atoms with Crippen molar-refractivity contribution in [2.24, 2.45) is 0 Å². The van der Waals surface area contributed by atoms with Crippen molar-refractivity contribution in [2.45, 2.75) is 53.6 Å². The molecule has 0 unspecified atom stereocenters. The van der Waals surface area contributed by atoms with Gasteiger partial charge in [0.25, 0.3) is 0 Å². The van der Waals surface area contributed by atoms with Gasteiger partial charge in [-0.25, -0.2) is 0 Å². The summed E-state index contributed by atoms with van der Waals surface area (Å²) in [6.07, 6.45) is 3.88. The lowest BCUT2D eigenvalue weighted by atomic mass is 9.98. The molecule has 4 aromatic rings. The van der Waals surface area contributed by atoms with Crippen molar-refractivity contribution >= 4 is 28.5 Å². The van der Waals surface area contributed by atoms with Crippen molar-refractivity contribution in [1.82, 2.24) is 0 Å². The van der Waals surface area contributed by atoms with Gasteiger partial charge < -0.3 is 9.48 Å². The SMILES string of the molecule is Cc1cc(C)c(N2[C-]=[N+](c3c(C)cc(C)cc3C)[C@H]3c4cccc5cccc(c45)[C@H]32)c(C)c1. The molecule has 0 N–H and O–H groups in total. The highest BCUT2D eigenvalue weighted by molar-refractivity contribution is 5.96. The lowest BCUT2D eigenvalue weighted by Crippen LogP contribution is -2.25. The first kappa shape index (κ1) is 20.2. The van der Waals surface area contributed by atoms with E-state index in [1.54, 1.807) is 0 Å². The predicted octanol–water partition coefficient (Wildman–Crippen LogP) is 7.56. The second kappa shape index (κ2) is 7.05. The zero-order valence-electron chi connectivity index (χ0n) is 20.3. The molecule has 0 spiro atoms. The fraction of sp³-hybridized carbons (Fsp3) is 0.258. The number of benzene rings is 4.